The maximum Gasteiger partial charge on any atom is 0.341 e. The minimum absolute atomic E-state index is 0.305. The molecule has 0 aliphatic carbocycles. The van der Waals surface area contributed by atoms with E-state index in [1.54, 1.807) is 13.1 Å². The zero-order chi connectivity index (χ0) is 14.7. The van der Waals surface area contributed by atoms with Gasteiger partial charge in [0, 0.05) is 0 Å². The van der Waals surface area contributed by atoms with E-state index in [0.717, 1.165) is 23.4 Å². The number of hydrogen-bond acceptors (Lipinski definition) is 3. The lowest BCUT2D eigenvalue weighted by Gasteiger charge is -2.11. The molecule has 0 aliphatic rings. The molecule has 0 bridgehead atoms. The van der Waals surface area contributed by atoms with Crippen LogP contribution >= 0.6 is 0 Å². The van der Waals surface area contributed by atoms with E-state index in [2.05, 4.69) is 23.3 Å². The predicted molar refractivity (Wildman–Crippen MR) is 78.4 cm³/mol. The molecule has 1 aromatic heterocycles. The number of ether oxygens (including phenoxy) is 1. The normalized spacial score (nSPS) is 10.6. The molecule has 0 spiro atoms. The Labute approximate surface area is 119 Å². The number of hydrogen-bond donors (Lipinski definition) is 0. The van der Waals surface area contributed by atoms with Crippen molar-refractivity contribution in [3.63, 3.8) is 0 Å². The Morgan fingerprint density at radius 2 is 2.05 bits per heavy atom. The average Bonchev–Trinajstić information content (AvgIpc) is 2.85. The molecule has 4 nitrogen and oxygen atoms in total. The second kappa shape index (κ2) is 5.90. The Morgan fingerprint density at radius 3 is 2.70 bits per heavy atom. The molecule has 0 atom stereocenters. The topological polar surface area (TPSA) is 44.1 Å². The zero-order valence-corrected chi connectivity index (χ0v) is 12.4. The van der Waals surface area contributed by atoms with Crippen molar-refractivity contribution in [2.45, 2.75) is 34.1 Å². The van der Waals surface area contributed by atoms with Crippen LogP contribution in [0.3, 0.4) is 0 Å². The summed E-state index contributed by atoms with van der Waals surface area (Å²) in [7, 11) is 0. The highest BCUT2D eigenvalue weighted by molar-refractivity contribution is 5.90. The minimum Gasteiger partial charge on any atom is -0.462 e. The van der Waals surface area contributed by atoms with Crippen molar-refractivity contribution in [3.8, 4) is 5.69 Å². The van der Waals surface area contributed by atoms with Crippen molar-refractivity contribution < 1.29 is 9.53 Å². The monoisotopic (exact) mass is 272 g/mol. The van der Waals surface area contributed by atoms with Gasteiger partial charge < -0.3 is 4.74 Å². The summed E-state index contributed by atoms with van der Waals surface area (Å²) in [5, 5.41) is 4.38. The molecule has 1 heterocycles. The van der Waals surface area contributed by atoms with Crippen LogP contribution in [0.5, 0.6) is 0 Å². The predicted octanol–water partition coefficient (Wildman–Crippen LogP) is 3.23. The molecule has 0 fully saturated rings. The lowest BCUT2D eigenvalue weighted by Crippen LogP contribution is -2.09. The fraction of sp³-hybridized carbons (Fsp3) is 0.375. The van der Waals surface area contributed by atoms with E-state index in [0.29, 0.717) is 12.2 Å². The summed E-state index contributed by atoms with van der Waals surface area (Å²) in [4.78, 5) is 11.9. The fourth-order valence-electron chi connectivity index (χ4n) is 2.25. The number of rotatable bonds is 4. The van der Waals surface area contributed by atoms with Crippen molar-refractivity contribution >= 4 is 5.97 Å². The maximum atomic E-state index is 11.9. The van der Waals surface area contributed by atoms with Gasteiger partial charge in [-0.2, -0.15) is 5.10 Å². The molecule has 4 heteroatoms. The Kier molecular flexibility index (Phi) is 4.23. The lowest BCUT2D eigenvalue weighted by atomic mass is 10.1. The smallest absolute Gasteiger partial charge is 0.341 e. The largest absolute Gasteiger partial charge is 0.462 e. The lowest BCUT2D eigenvalue weighted by molar-refractivity contribution is 0.0525. The molecule has 106 valence electrons. The molecule has 0 radical (unpaired) electrons. The van der Waals surface area contributed by atoms with Crippen LogP contribution in [0.2, 0.25) is 0 Å². The van der Waals surface area contributed by atoms with Crippen molar-refractivity contribution in [3.05, 3.63) is 46.8 Å². The van der Waals surface area contributed by atoms with Gasteiger partial charge >= 0.3 is 5.97 Å². The standard InChI is InChI=1S/C16H20N2O2/c1-5-14-13(16(19)20-6-2)10-17-18(14)15-9-11(3)7-8-12(15)4/h7-10H,5-6H2,1-4H3. The first-order valence-electron chi connectivity index (χ1n) is 6.90. The van der Waals surface area contributed by atoms with E-state index in [1.165, 1.54) is 5.56 Å². The van der Waals surface area contributed by atoms with Gasteiger partial charge in [-0.1, -0.05) is 19.1 Å². The molecule has 0 saturated carbocycles. The fourth-order valence-corrected chi connectivity index (χ4v) is 2.25. The van der Waals surface area contributed by atoms with Crippen LogP contribution in [0.1, 0.15) is 41.0 Å². The third-order valence-electron chi connectivity index (χ3n) is 3.29. The molecule has 0 amide bonds. The number of nitrogens with zero attached hydrogens (tertiary/aromatic N) is 2. The number of carbonyl (C=O) groups is 1. The second-order valence-corrected chi connectivity index (χ2v) is 4.78. The van der Waals surface area contributed by atoms with Gasteiger partial charge in [-0.05, 0) is 44.4 Å². The van der Waals surface area contributed by atoms with Gasteiger partial charge in [0.25, 0.3) is 0 Å². The molecule has 0 unspecified atom stereocenters. The van der Waals surface area contributed by atoms with E-state index >= 15 is 0 Å². The molecule has 1 aromatic carbocycles. The molecule has 20 heavy (non-hydrogen) atoms. The van der Waals surface area contributed by atoms with Gasteiger partial charge in [0.15, 0.2) is 0 Å². The third kappa shape index (κ3) is 2.59. The maximum absolute atomic E-state index is 11.9. The highest BCUT2D eigenvalue weighted by Gasteiger charge is 2.18. The first-order valence-corrected chi connectivity index (χ1v) is 6.90. The van der Waals surface area contributed by atoms with Crippen molar-refractivity contribution in [1.82, 2.24) is 9.78 Å². The van der Waals surface area contributed by atoms with Crippen molar-refractivity contribution in [2.24, 2.45) is 0 Å². The van der Waals surface area contributed by atoms with Gasteiger partial charge in [-0.25, -0.2) is 9.48 Å². The van der Waals surface area contributed by atoms with Crippen LogP contribution in [0, 0.1) is 13.8 Å². The van der Waals surface area contributed by atoms with Gasteiger partial charge in [0.05, 0.1) is 24.2 Å². The molecule has 0 saturated heterocycles. The molecule has 0 N–H and O–H groups in total. The average molecular weight is 272 g/mol. The molecule has 0 aliphatic heterocycles. The summed E-state index contributed by atoms with van der Waals surface area (Å²) in [5.41, 5.74) is 4.74. The van der Waals surface area contributed by atoms with Crippen LogP contribution in [-0.2, 0) is 11.2 Å². The summed E-state index contributed by atoms with van der Waals surface area (Å²) < 4.78 is 6.92. The summed E-state index contributed by atoms with van der Waals surface area (Å²) in [6.45, 7) is 8.28. The zero-order valence-electron chi connectivity index (χ0n) is 12.4. The number of esters is 1. The quantitative estimate of drug-likeness (QED) is 0.803. The van der Waals surface area contributed by atoms with E-state index in [1.807, 2.05) is 25.5 Å². The summed E-state index contributed by atoms with van der Waals surface area (Å²) in [6, 6.07) is 6.21. The van der Waals surface area contributed by atoms with E-state index in [4.69, 9.17) is 4.74 Å². The van der Waals surface area contributed by atoms with Crippen LogP contribution < -0.4 is 0 Å². The van der Waals surface area contributed by atoms with E-state index < -0.39 is 0 Å². The molecule has 2 rings (SSSR count). The third-order valence-corrected chi connectivity index (χ3v) is 3.29. The van der Waals surface area contributed by atoms with Gasteiger partial charge in [0.1, 0.15) is 5.56 Å². The minimum atomic E-state index is -0.305. The summed E-state index contributed by atoms with van der Waals surface area (Å²) in [5.74, 6) is -0.305. The van der Waals surface area contributed by atoms with Crippen LogP contribution in [0.25, 0.3) is 5.69 Å². The summed E-state index contributed by atoms with van der Waals surface area (Å²) >= 11 is 0. The Balaban J connectivity index is 2.53. The van der Waals surface area contributed by atoms with Gasteiger partial charge in [-0.15, -0.1) is 0 Å². The molecular formula is C16H20N2O2. The Bertz CT molecular complexity index is 629. The number of carbonyl (C=O) groups excluding carboxylic acids is 1. The second-order valence-electron chi connectivity index (χ2n) is 4.78. The Morgan fingerprint density at radius 1 is 1.30 bits per heavy atom. The van der Waals surface area contributed by atoms with E-state index in [9.17, 15) is 4.79 Å². The number of benzene rings is 1. The van der Waals surface area contributed by atoms with Gasteiger partial charge in [0.2, 0.25) is 0 Å². The van der Waals surface area contributed by atoms with Crippen molar-refractivity contribution in [1.29, 1.82) is 0 Å². The highest BCUT2D eigenvalue weighted by Crippen LogP contribution is 2.20. The Hall–Kier alpha value is -2.10. The first-order chi connectivity index (χ1) is 9.58. The highest BCUT2D eigenvalue weighted by atomic mass is 16.5. The molecular weight excluding hydrogens is 252 g/mol. The van der Waals surface area contributed by atoms with Crippen LogP contribution in [0.15, 0.2) is 24.4 Å². The van der Waals surface area contributed by atoms with Crippen LogP contribution in [0.4, 0.5) is 0 Å². The SMILES string of the molecule is CCOC(=O)c1cnn(-c2cc(C)ccc2C)c1CC. The van der Waals surface area contributed by atoms with Gasteiger partial charge in [-0.3, -0.25) is 0 Å². The van der Waals surface area contributed by atoms with Crippen molar-refractivity contribution in [2.75, 3.05) is 6.61 Å². The molecule has 2 aromatic rings. The van der Waals surface area contributed by atoms with E-state index in [-0.39, 0.29) is 5.97 Å². The number of aromatic nitrogens is 2. The first kappa shape index (κ1) is 14.3. The number of aryl methyl sites for hydroxylation is 2. The summed E-state index contributed by atoms with van der Waals surface area (Å²) in [6.07, 6.45) is 2.32. The van der Waals surface area contributed by atoms with Crippen LogP contribution in [-0.4, -0.2) is 22.4 Å².